The minimum atomic E-state index is 0.0132. The van der Waals surface area contributed by atoms with Crippen LogP contribution in [0.3, 0.4) is 0 Å². The maximum Gasteiger partial charge on any atom is 0.240 e. The van der Waals surface area contributed by atoms with Gasteiger partial charge < -0.3 is 14.6 Å². The number of pyridine rings is 1. The van der Waals surface area contributed by atoms with Gasteiger partial charge in [0.25, 0.3) is 0 Å². The molecule has 0 aromatic carbocycles. The number of morpholine rings is 1. The zero-order valence-corrected chi connectivity index (χ0v) is 15.4. The normalized spacial score (nSPS) is 15.4. The highest BCUT2D eigenvalue weighted by atomic mass is 32.1. The molecular weight excluding hydrogens is 348 g/mol. The Morgan fingerprint density at radius 1 is 1.27 bits per heavy atom. The molecule has 0 radical (unpaired) electrons. The van der Waals surface area contributed by atoms with Gasteiger partial charge in [0, 0.05) is 37.8 Å². The van der Waals surface area contributed by atoms with E-state index in [1.165, 1.54) is 0 Å². The van der Waals surface area contributed by atoms with E-state index in [-0.39, 0.29) is 12.5 Å². The van der Waals surface area contributed by atoms with Gasteiger partial charge >= 0.3 is 0 Å². The molecule has 0 spiro atoms. The van der Waals surface area contributed by atoms with E-state index in [4.69, 9.17) is 4.74 Å². The van der Waals surface area contributed by atoms with E-state index >= 15 is 0 Å². The molecule has 26 heavy (non-hydrogen) atoms. The van der Waals surface area contributed by atoms with Crippen LogP contribution >= 0.6 is 11.3 Å². The maximum atomic E-state index is 12.5. The molecule has 1 amide bonds. The second-order valence-electron chi connectivity index (χ2n) is 6.31. The Balaban J connectivity index is 1.45. The molecule has 1 fully saturated rings. The van der Waals surface area contributed by atoms with Gasteiger partial charge in [0.1, 0.15) is 12.2 Å². The average molecular weight is 370 g/mol. The van der Waals surface area contributed by atoms with E-state index in [1.807, 2.05) is 28.1 Å². The molecule has 4 rings (SSSR count). The van der Waals surface area contributed by atoms with Gasteiger partial charge in [-0.05, 0) is 29.6 Å². The van der Waals surface area contributed by atoms with Crippen molar-refractivity contribution < 1.29 is 9.53 Å². The molecule has 7 heteroatoms. The molecule has 3 aromatic rings. The molecule has 1 saturated heterocycles. The molecular formula is C19H22N4O2S. The highest BCUT2D eigenvalue weighted by molar-refractivity contribution is 7.13. The van der Waals surface area contributed by atoms with Gasteiger partial charge in [0.2, 0.25) is 5.91 Å². The third-order valence-electron chi connectivity index (χ3n) is 4.58. The summed E-state index contributed by atoms with van der Waals surface area (Å²) >= 11 is 1.67. The van der Waals surface area contributed by atoms with Crippen molar-refractivity contribution in [2.45, 2.75) is 6.54 Å². The average Bonchev–Trinajstić information content (AvgIpc) is 3.31. The van der Waals surface area contributed by atoms with Gasteiger partial charge in [-0.25, -0.2) is 4.98 Å². The first-order valence-electron chi connectivity index (χ1n) is 8.86. The second-order valence-corrected chi connectivity index (χ2v) is 7.26. The Morgan fingerprint density at radius 2 is 2.15 bits per heavy atom. The summed E-state index contributed by atoms with van der Waals surface area (Å²) in [6, 6.07) is 10.2. The van der Waals surface area contributed by atoms with E-state index in [0.717, 1.165) is 54.5 Å². The van der Waals surface area contributed by atoms with Crippen LogP contribution in [0.2, 0.25) is 0 Å². The third-order valence-corrected chi connectivity index (χ3v) is 5.48. The number of hydrogen-bond donors (Lipinski definition) is 1. The number of carbonyl (C=O) groups excluding carboxylic acids is 1. The Kier molecular flexibility index (Phi) is 5.29. The molecule has 3 aromatic heterocycles. The van der Waals surface area contributed by atoms with Crippen LogP contribution in [0.5, 0.6) is 0 Å². The minimum absolute atomic E-state index is 0.0132. The van der Waals surface area contributed by atoms with Crippen LogP contribution in [0.25, 0.3) is 21.6 Å². The molecule has 136 valence electrons. The fourth-order valence-corrected chi connectivity index (χ4v) is 4.00. The number of amides is 1. The third kappa shape index (κ3) is 3.80. The van der Waals surface area contributed by atoms with Crippen LogP contribution in [0.15, 0.2) is 41.9 Å². The molecule has 4 heterocycles. The first-order valence-corrected chi connectivity index (χ1v) is 9.74. The van der Waals surface area contributed by atoms with Crippen molar-refractivity contribution in [3.8, 4) is 10.6 Å². The maximum absolute atomic E-state index is 12.5. The lowest BCUT2D eigenvalue weighted by Crippen LogP contribution is -2.41. The van der Waals surface area contributed by atoms with E-state index in [0.29, 0.717) is 6.54 Å². The van der Waals surface area contributed by atoms with Crippen LogP contribution in [0, 0.1) is 0 Å². The first kappa shape index (κ1) is 17.2. The van der Waals surface area contributed by atoms with Crippen molar-refractivity contribution in [2.75, 3.05) is 39.4 Å². The summed E-state index contributed by atoms with van der Waals surface area (Å²) in [6.45, 7) is 5.21. The van der Waals surface area contributed by atoms with Crippen LogP contribution < -0.4 is 5.32 Å². The molecule has 1 aliphatic rings. The summed E-state index contributed by atoms with van der Waals surface area (Å²) in [6.07, 6.45) is 1.77. The lowest BCUT2D eigenvalue weighted by molar-refractivity contribution is -0.121. The number of nitrogens with zero attached hydrogens (tertiary/aromatic N) is 3. The number of ether oxygens (including phenoxy) is 1. The van der Waals surface area contributed by atoms with E-state index in [2.05, 4.69) is 27.3 Å². The Hall–Kier alpha value is -2.22. The predicted octanol–water partition coefficient (Wildman–Crippen LogP) is 2.21. The predicted molar refractivity (Wildman–Crippen MR) is 103 cm³/mol. The minimum Gasteiger partial charge on any atom is -0.379 e. The van der Waals surface area contributed by atoms with Crippen molar-refractivity contribution in [2.24, 2.45) is 0 Å². The fourth-order valence-electron chi connectivity index (χ4n) is 3.25. The Morgan fingerprint density at radius 3 is 2.96 bits per heavy atom. The van der Waals surface area contributed by atoms with Crippen LogP contribution in [0.1, 0.15) is 0 Å². The zero-order valence-electron chi connectivity index (χ0n) is 14.6. The van der Waals surface area contributed by atoms with Crippen molar-refractivity contribution in [1.82, 2.24) is 19.8 Å². The molecule has 0 bridgehead atoms. The molecule has 0 unspecified atom stereocenters. The van der Waals surface area contributed by atoms with Crippen molar-refractivity contribution in [1.29, 1.82) is 0 Å². The first-order chi connectivity index (χ1) is 12.8. The van der Waals surface area contributed by atoms with Gasteiger partial charge in [0.05, 0.1) is 23.8 Å². The molecule has 0 aliphatic carbocycles. The number of rotatable bonds is 6. The zero-order chi connectivity index (χ0) is 17.8. The SMILES string of the molecule is O=C(Cn1c(-c2cccs2)cc2cccnc21)NCCN1CCOCC1. The second kappa shape index (κ2) is 7.99. The van der Waals surface area contributed by atoms with E-state index in [1.54, 1.807) is 17.5 Å². The van der Waals surface area contributed by atoms with Gasteiger partial charge in [-0.3, -0.25) is 9.69 Å². The van der Waals surface area contributed by atoms with Crippen LogP contribution in [-0.4, -0.2) is 59.8 Å². The quantitative estimate of drug-likeness (QED) is 0.723. The molecule has 0 atom stereocenters. The summed E-state index contributed by atoms with van der Waals surface area (Å²) in [5.41, 5.74) is 1.89. The van der Waals surface area contributed by atoms with Gasteiger partial charge in [-0.2, -0.15) is 0 Å². The van der Waals surface area contributed by atoms with Crippen LogP contribution in [-0.2, 0) is 16.1 Å². The highest BCUT2D eigenvalue weighted by Crippen LogP contribution is 2.30. The van der Waals surface area contributed by atoms with E-state index < -0.39 is 0 Å². The van der Waals surface area contributed by atoms with Gasteiger partial charge in [0.15, 0.2) is 0 Å². The van der Waals surface area contributed by atoms with Crippen molar-refractivity contribution >= 4 is 28.3 Å². The molecule has 6 nitrogen and oxygen atoms in total. The molecule has 0 saturated carbocycles. The van der Waals surface area contributed by atoms with Gasteiger partial charge in [-0.1, -0.05) is 6.07 Å². The van der Waals surface area contributed by atoms with Crippen LogP contribution in [0.4, 0.5) is 0 Å². The number of fused-ring (bicyclic) bond motifs is 1. The fraction of sp³-hybridized carbons (Fsp3) is 0.368. The highest BCUT2D eigenvalue weighted by Gasteiger charge is 2.15. The summed E-state index contributed by atoms with van der Waals surface area (Å²) in [5, 5.41) is 6.14. The van der Waals surface area contributed by atoms with Crippen molar-refractivity contribution in [3.05, 3.63) is 41.9 Å². The number of thiophene rings is 1. The Labute approximate surface area is 156 Å². The monoisotopic (exact) mass is 370 g/mol. The Bertz CT molecular complexity index is 869. The summed E-state index contributed by atoms with van der Waals surface area (Å²) in [7, 11) is 0. The smallest absolute Gasteiger partial charge is 0.240 e. The lowest BCUT2D eigenvalue weighted by atomic mass is 10.3. The largest absolute Gasteiger partial charge is 0.379 e. The lowest BCUT2D eigenvalue weighted by Gasteiger charge is -2.26. The summed E-state index contributed by atoms with van der Waals surface area (Å²) in [5.74, 6) is 0.0132. The number of nitrogens with one attached hydrogen (secondary N) is 1. The summed E-state index contributed by atoms with van der Waals surface area (Å²) < 4.78 is 7.35. The van der Waals surface area contributed by atoms with E-state index in [9.17, 15) is 4.79 Å². The van der Waals surface area contributed by atoms with Gasteiger partial charge in [-0.15, -0.1) is 11.3 Å². The standard InChI is InChI=1S/C19H22N4O2S/c24-18(20-6-7-22-8-10-25-11-9-22)14-23-16(17-4-2-12-26-17)13-15-3-1-5-21-19(15)23/h1-5,12-13H,6-11,14H2,(H,20,24). The summed E-state index contributed by atoms with van der Waals surface area (Å²) in [4.78, 5) is 20.5. The number of aromatic nitrogens is 2. The molecule has 1 aliphatic heterocycles. The number of hydrogen-bond acceptors (Lipinski definition) is 5. The number of carbonyl (C=O) groups is 1. The topological polar surface area (TPSA) is 59.4 Å². The molecule has 1 N–H and O–H groups in total. The van der Waals surface area contributed by atoms with Crippen molar-refractivity contribution in [3.63, 3.8) is 0 Å².